The van der Waals surface area contributed by atoms with E-state index in [4.69, 9.17) is 0 Å². The number of nitrogens with zero attached hydrogens (tertiary/aromatic N) is 3. The van der Waals surface area contributed by atoms with Crippen molar-refractivity contribution in [3.8, 4) is 0 Å². The Bertz CT molecular complexity index is 378. The molecule has 0 aromatic carbocycles. The standard InChI is InChI=1S/C15H28N4O2S/c1-17(2)14(20)12-18-5-3-13(4-6-18)11-16-15(21)19-7-9-22-10-8-19/h13H,3-12H2,1-2H3,(H,16,21). The quantitative estimate of drug-likeness (QED) is 0.819. The van der Waals surface area contributed by atoms with Crippen LogP contribution in [-0.2, 0) is 4.79 Å². The summed E-state index contributed by atoms with van der Waals surface area (Å²) >= 11 is 1.91. The summed E-state index contributed by atoms with van der Waals surface area (Å²) in [6.07, 6.45) is 2.10. The third kappa shape index (κ3) is 5.35. The summed E-state index contributed by atoms with van der Waals surface area (Å²) in [6, 6.07) is 0.0884. The number of likely N-dealkylation sites (N-methyl/N-ethyl adjacent to an activating group) is 1. The summed E-state index contributed by atoms with van der Waals surface area (Å²) in [7, 11) is 3.59. The fourth-order valence-electron chi connectivity index (χ4n) is 2.79. The molecule has 6 nitrogen and oxygen atoms in total. The first-order valence-electron chi connectivity index (χ1n) is 8.09. The average Bonchev–Trinajstić information content (AvgIpc) is 2.54. The number of likely N-dealkylation sites (tertiary alicyclic amines) is 1. The zero-order chi connectivity index (χ0) is 15.9. The molecule has 0 aromatic heterocycles. The van der Waals surface area contributed by atoms with Gasteiger partial charge in [-0.25, -0.2) is 4.79 Å². The van der Waals surface area contributed by atoms with E-state index in [2.05, 4.69) is 10.2 Å². The van der Waals surface area contributed by atoms with Crippen LogP contribution in [0.15, 0.2) is 0 Å². The molecule has 0 aliphatic carbocycles. The summed E-state index contributed by atoms with van der Waals surface area (Å²) in [6.45, 7) is 4.89. The minimum atomic E-state index is 0.0884. The summed E-state index contributed by atoms with van der Waals surface area (Å²) in [5.74, 6) is 2.79. The number of hydrogen-bond acceptors (Lipinski definition) is 4. The Morgan fingerprint density at radius 2 is 1.77 bits per heavy atom. The van der Waals surface area contributed by atoms with Crippen molar-refractivity contribution < 1.29 is 9.59 Å². The summed E-state index contributed by atoms with van der Waals surface area (Å²) < 4.78 is 0. The lowest BCUT2D eigenvalue weighted by Crippen LogP contribution is -2.47. The van der Waals surface area contributed by atoms with Crippen LogP contribution in [0, 0.1) is 5.92 Å². The van der Waals surface area contributed by atoms with Crippen LogP contribution in [-0.4, -0.2) is 91.5 Å². The van der Waals surface area contributed by atoms with Gasteiger partial charge in [-0.05, 0) is 31.8 Å². The van der Waals surface area contributed by atoms with Gasteiger partial charge in [-0.3, -0.25) is 9.69 Å². The van der Waals surface area contributed by atoms with Gasteiger partial charge in [0.15, 0.2) is 0 Å². The van der Waals surface area contributed by atoms with Gasteiger partial charge < -0.3 is 15.1 Å². The Morgan fingerprint density at radius 1 is 1.14 bits per heavy atom. The predicted octanol–water partition coefficient (Wildman–Crippen LogP) is 0.545. The largest absolute Gasteiger partial charge is 0.348 e. The molecule has 2 aliphatic heterocycles. The first kappa shape index (κ1) is 17.4. The minimum absolute atomic E-state index is 0.0884. The number of carbonyl (C=O) groups is 2. The van der Waals surface area contributed by atoms with Crippen molar-refractivity contribution in [2.24, 2.45) is 5.92 Å². The normalized spacial score (nSPS) is 20.7. The predicted molar refractivity (Wildman–Crippen MR) is 90.2 cm³/mol. The highest BCUT2D eigenvalue weighted by atomic mass is 32.2. The molecule has 0 saturated carbocycles. The Hall–Kier alpha value is -0.950. The number of amides is 3. The number of nitrogens with one attached hydrogen (secondary N) is 1. The molecule has 2 heterocycles. The molecule has 3 amide bonds. The van der Waals surface area contributed by atoms with Crippen molar-refractivity contribution in [2.75, 3.05) is 64.9 Å². The zero-order valence-electron chi connectivity index (χ0n) is 13.7. The maximum absolute atomic E-state index is 12.1. The van der Waals surface area contributed by atoms with E-state index in [0.29, 0.717) is 12.5 Å². The topological polar surface area (TPSA) is 55.9 Å². The SMILES string of the molecule is CN(C)C(=O)CN1CCC(CNC(=O)N2CCSCC2)CC1. The monoisotopic (exact) mass is 328 g/mol. The van der Waals surface area contributed by atoms with Gasteiger partial charge in [0.05, 0.1) is 6.54 Å². The van der Waals surface area contributed by atoms with Gasteiger partial charge in [0, 0.05) is 45.2 Å². The molecule has 1 N–H and O–H groups in total. The van der Waals surface area contributed by atoms with Crippen LogP contribution in [0.2, 0.25) is 0 Å². The highest BCUT2D eigenvalue weighted by molar-refractivity contribution is 7.99. The number of thioether (sulfide) groups is 1. The Labute approximate surface area is 137 Å². The molecule has 22 heavy (non-hydrogen) atoms. The number of piperidine rings is 1. The van der Waals surface area contributed by atoms with Crippen LogP contribution < -0.4 is 5.32 Å². The minimum Gasteiger partial charge on any atom is -0.348 e. The number of rotatable bonds is 4. The Morgan fingerprint density at radius 3 is 2.36 bits per heavy atom. The third-order valence-corrected chi connectivity index (χ3v) is 5.35. The molecule has 0 radical (unpaired) electrons. The second kappa shape index (κ2) is 8.62. The van der Waals surface area contributed by atoms with Crippen molar-refractivity contribution in [2.45, 2.75) is 12.8 Å². The second-order valence-corrected chi connectivity index (χ2v) is 7.52. The fraction of sp³-hybridized carbons (Fsp3) is 0.867. The number of urea groups is 1. The van der Waals surface area contributed by atoms with Gasteiger partial charge in [-0.1, -0.05) is 0 Å². The second-order valence-electron chi connectivity index (χ2n) is 6.29. The fourth-order valence-corrected chi connectivity index (χ4v) is 3.69. The first-order valence-corrected chi connectivity index (χ1v) is 9.24. The van der Waals surface area contributed by atoms with E-state index in [1.54, 1.807) is 19.0 Å². The van der Waals surface area contributed by atoms with Gasteiger partial charge in [-0.2, -0.15) is 11.8 Å². The molecular formula is C15H28N4O2S. The Kier molecular flexibility index (Phi) is 6.82. The molecule has 0 atom stereocenters. The van der Waals surface area contributed by atoms with Crippen molar-refractivity contribution in [3.63, 3.8) is 0 Å². The number of carbonyl (C=O) groups excluding carboxylic acids is 2. The maximum atomic E-state index is 12.1. The van der Waals surface area contributed by atoms with E-state index in [9.17, 15) is 9.59 Å². The molecule has 2 saturated heterocycles. The number of hydrogen-bond donors (Lipinski definition) is 1. The van der Waals surface area contributed by atoms with E-state index in [-0.39, 0.29) is 11.9 Å². The highest BCUT2D eigenvalue weighted by Crippen LogP contribution is 2.16. The zero-order valence-corrected chi connectivity index (χ0v) is 14.5. The molecule has 2 fully saturated rings. The van der Waals surface area contributed by atoms with Gasteiger partial charge in [0.2, 0.25) is 5.91 Å². The molecule has 126 valence electrons. The van der Waals surface area contributed by atoms with E-state index >= 15 is 0 Å². The molecule has 0 aromatic rings. The van der Waals surface area contributed by atoms with Crippen molar-refractivity contribution in [1.82, 2.24) is 20.0 Å². The molecular weight excluding hydrogens is 300 g/mol. The van der Waals surface area contributed by atoms with Crippen LogP contribution in [0.5, 0.6) is 0 Å². The average molecular weight is 328 g/mol. The van der Waals surface area contributed by atoms with Crippen LogP contribution in [0.4, 0.5) is 4.79 Å². The lowest BCUT2D eigenvalue weighted by Gasteiger charge is -2.33. The molecule has 2 aliphatic rings. The van der Waals surface area contributed by atoms with E-state index < -0.39 is 0 Å². The molecule has 7 heteroatoms. The van der Waals surface area contributed by atoms with Gasteiger partial charge in [0.1, 0.15) is 0 Å². The van der Waals surface area contributed by atoms with Gasteiger partial charge in [-0.15, -0.1) is 0 Å². The van der Waals surface area contributed by atoms with E-state index in [0.717, 1.165) is 57.1 Å². The lowest BCUT2D eigenvalue weighted by atomic mass is 9.97. The van der Waals surface area contributed by atoms with Crippen molar-refractivity contribution in [1.29, 1.82) is 0 Å². The summed E-state index contributed by atoms with van der Waals surface area (Å²) in [5, 5.41) is 3.08. The van der Waals surface area contributed by atoms with Crippen molar-refractivity contribution >= 4 is 23.7 Å². The van der Waals surface area contributed by atoms with Crippen LogP contribution in [0.1, 0.15) is 12.8 Å². The highest BCUT2D eigenvalue weighted by Gasteiger charge is 2.23. The van der Waals surface area contributed by atoms with Crippen LogP contribution in [0.25, 0.3) is 0 Å². The first-order chi connectivity index (χ1) is 10.6. The van der Waals surface area contributed by atoms with E-state index in [1.165, 1.54) is 0 Å². The van der Waals surface area contributed by atoms with Crippen LogP contribution >= 0.6 is 11.8 Å². The molecule has 2 rings (SSSR count). The van der Waals surface area contributed by atoms with Crippen molar-refractivity contribution in [3.05, 3.63) is 0 Å². The third-order valence-electron chi connectivity index (χ3n) is 4.41. The maximum Gasteiger partial charge on any atom is 0.317 e. The molecule has 0 spiro atoms. The van der Waals surface area contributed by atoms with Crippen LogP contribution in [0.3, 0.4) is 0 Å². The van der Waals surface area contributed by atoms with Gasteiger partial charge >= 0.3 is 6.03 Å². The summed E-state index contributed by atoms with van der Waals surface area (Å²) in [5.41, 5.74) is 0. The summed E-state index contributed by atoms with van der Waals surface area (Å²) in [4.78, 5) is 29.5. The molecule has 0 bridgehead atoms. The lowest BCUT2D eigenvalue weighted by molar-refractivity contribution is -0.130. The molecule has 0 unspecified atom stereocenters. The van der Waals surface area contributed by atoms with Gasteiger partial charge in [0.25, 0.3) is 0 Å². The smallest absolute Gasteiger partial charge is 0.317 e. The van der Waals surface area contributed by atoms with E-state index in [1.807, 2.05) is 16.7 Å². The Balaban J connectivity index is 1.63.